The highest BCUT2D eigenvalue weighted by Gasteiger charge is 2.49. The van der Waals surface area contributed by atoms with Gasteiger partial charge in [-0.15, -0.1) is 0 Å². The summed E-state index contributed by atoms with van der Waals surface area (Å²) in [6, 6.07) is 4.08. The van der Waals surface area contributed by atoms with Crippen LogP contribution in [0, 0.1) is 29.5 Å². The van der Waals surface area contributed by atoms with Gasteiger partial charge in [-0.2, -0.15) is 11.8 Å². The summed E-state index contributed by atoms with van der Waals surface area (Å²) in [5, 5.41) is 6.71. The lowest BCUT2D eigenvalue weighted by Gasteiger charge is -2.50. The standard InChI is InChI=1S/C22H28ClFN2O3S/c1-12-4-5-30-20(12)10-25-22(28)16-9-19(14-6-13(16)7-14)26-21(27)11-29-15-2-3-17(23)18(24)8-15/h2-3,8,12-14,16,19-20H,4-7,9-11H2,1H3,(H,25,28)(H,26,27)/t12?,13?,14?,16?,19-,20?/m0/s1. The molecule has 2 N–H and O–H groups in total. The first-order chi connectivity index (χ1) is 14.4. The van der Waals surface area contributed by atoms with E-state index >= 15 is 0 Å². The lowest BCUT2D eigenvalue weighted by molar-refractivity contribution is -0.136. The van der Waals surface area contributed by atoms with Gasteiger partial charge >= 0.3 is 0 Å². The Hall–Kier alpha value is -1.47. The summed E-state index contributed by atoms with van der Waals surface area (Å²) in [4.78, 5) is 25.1. The van der Waals surface area contributed by atoms with E-state index in [0.717, 1.165) is 25.5 Å². The highest BCUT2D eigenvalue weighted by atomic mass is 35.5. The van der Waals surface area contributed by atoms with Crippen molar-refractivity contribution in [3.05, 3.63) is 29.0 Å². The molecule has 2 bridgehead atoms. The number of amides is 2. The third-order valence-electron chi connectivity index (χ3n) is 6.82. The Balaban J connectivity index is 1.24. The molecular weight excluding hydrogens is 427 g/mol. The first-order valence-corrected chi connectivity index (χ1v) is 12.1. The van der Waals surface area contributed by atoms with Crippen LogP contribution < -0.4 is 15.4 Å². The van der Waals surface area contributed by atoms with Crippen molar-refractivity contribution in [2.75, 3.05) is 18.9 Å². The minimum absolute atomic E-state index is 0.0106. The number of carbonyl (C=O) groups excluding carboxylic acids is 2. The van der Waals surface area contributed by atoms with Gasteiger partial charge in [-0.3, -0.25) is 9.59 Å². The maximum Gasteiger partial charge on any atom is 0.258 e. The Morgan fingerprint density at radius 1 is 1.27 bits per heavy atom. The second-order valence-electron chi connectivity index (χ2n) is 8.79. The van der Waals surface area contributed by atoms with Crippen LogP contribution in [-0.2, 0) is 9.59 Å². The van der Waals surface area contributed by atoms with Crippen LogP contribution in [0.25, 0.3) is 0 Å². The van der Waals surface area contributed by atoms with Gasteiger partial charge in [-0.05, 0) is 61.3 Å². The fourth-order valence-electron chi connectivity index (χ4n) is 4.83. The summed E-state index contributed by atoms with van der Waals surface area (Å²) >= 11 is 7.60. The molecule has 5 rings (SSSR count). The summed E-state index contributed by atoms with van der Waals surface area (Å²) in [6.45, 7) is 2.79. The van der Waals surface area contributed by atoms with Crippen LogP contribution >= 0.6 is 23.4 Å². The van der Waals surface area contributed by atoms with E-state index in [1.807, 2.05) is 11.8 Å². The lowest BCUT2D eigenvalue weighted by Crippen LogP contribution is -2.57. The van der Waals surface area contributed by atoms with Gasteiger partial charge in [0.15, 0.2) is 6.61 Å². The number of fused-ring (bicyclic) bond motifs is 2. The molecule has 2 amide bonds. The zero-order chi connectivity index (χ0) is 21.3. The third kappa shape index (κ3) is 4.88. The second kappa shape index (κ2) is 9.35. The average molecular weight is 455 g/mol. The molecule has 3 aliphatic carbocycles. The quantitative estimate of drug-likeness (QED) is 0.660. The number of hydrogen-bond acceptors (Lipinski definition) is 4. The van der Waals surface area contributed by atoms with Crippen molar-refractivity contribution < 1.29 is 18.7 Å². The molecule has 0 spiro atoms. The fraction of sp³-hybridized carbons (Fsp3) is 0.636. The molecule has 3 saturated carbocycles. The average Bonchev–Trinajstić information content (AvgIpc) is 3.10. The summed E-state index contributed by atoms with van der Waals surface area (Å²) in [7, 11) is 0. The van der Waals surface area contributed by atoms with Gasteiger partial charge in [-0.1, -0.05) is 18.5 Å². The third-order valence-corrected chi connectivity index (χ3v) is 8.66. The molecule has 5 nitrogen and oxygen atoms in total. The van der Waals surface area contributed by atoms with E-state index < -0.39 is 5.82 Å². The molecule has 1 aromatic carbocycles. The summed E-state index contributed by atoms with van der Waals surface area (Å²) in [6.07, 6.45) is 3.87. The van der Waals surface area contributed by atoms with Gasteiger partial charge in [-0.25, -0.2) is 4.39 Å². The van der Waals surface area contributed by atoms with E-state index in [1.165, 1.54) is 24.3 Å². The van der Waals surface area contributed by atoms with Gasteiger partial charge in [0, 0.05) is 29.8 Å². The van der Waals surface area contributed by atoms with Crippen LogP contribution in [0.15, 0.2) is 18.2 Å². The minimum Gasteiger partial charge on any atom is -0.484 e. The van der Waals surface area contributed by atoms with Gasteiger partial charge in [0.05, 0.1) is 5.02 Å². The highest BCUT2D eigenvalue weighted by Crippen LogP contribution is 2.49. The van der Waals surface area contributed by atoms with Gasteiger partial charge < -0.3 is 15.4 Å². The monoisotopic (exact) mass is 454 g/mol. The number of hydrogen-bond donors (Lipinski definition) is 2. The van der Waals surface area contributed by atoms with E-state index in [1.54, 1.807) is 0 Å². The molecule has 3 unspecified atom stereocenters. The first-order valence-electron chi connectivity index (χ1n) is 10.7. The van der Waals surface area contributed by atoms with Crippen molar-refractivity contribution in [3.8, 4) is 5.75 Å². The topological polar surface area (TPSA) is 67.4 Å². The summed E-state index contributed by atoms with van der Waals surface area (Å²) in [5.41, 5.74) is 0. The number of rotatable bonds is 7. The van der Waals surface area contributed by atoms with E-state index in [9.17, 15) is 14.0 Å². The molecule has 30 heavy (non-hydrogen) atoms. The number of nitrogens with one attached hydrogen (secondary N) is 2. The normalized spacial score (nSPS) is 32.2. The zero-order valence-corrected chi connectivity index (χ0v) is 18.6. The molecule has 4 atom stereocenters. The molecule has 4 aliphatic rings. The smallest absolute Gasteiger partial charge is 0.258 e. The Morgan fingerprint density at radius 2 is 2.07 bits per heavy atom. The molecule has 8 heteroatoms. The van der Waals surface area contributed by atoms with Crippen LogP contribution in [0.2, 0.25) is 5.02 Å². The number of benzene rings is 1. The van der Waals surface area contributed by atoms with Gasteiger partial charge in [0.1, 0.15) is 11.6 Å². The molecule has 1 heterocycles. The van der Waals surface area contributed by atoms with Crippen molar-refractivity contribution in [2.45, 2.75) is 43.9 Å². The van der Waals surface area contributed by atoms with Crippen molar-refractivity contribution >= 4 is 35.2 Å². The molecule has 164 valence electrons. The zero-order valence-electron chi connectivity index (χ0n) is 17.0. The van der Waals surface area contributed by atoms with Gasteiger partial charge in [0.25, 0.3) is 5.91 Å². The van der Waals surface area contributed by atoms with E-state index in [2.05, 4.69) is 17.6 Å². The van der Waals surface area contributed by atoms with Gasteiger partial charge in [0.2, 0.25) is 5.91 Å². The SMILES string of the molecule is CC1CCSC1CNC(=O)C1C[C@H](NC(=O)COc2ccc(Cl)c(F)c2)C2CC1C2. The predicted octanol–water partition coefficient (Wildman–Crippen LogP) is 3.65. The minimum atomic E-state index is -0.582. The maximum atomic E-state index is 13.5. The van der Waals surface area contributed by atoms with Crippen LogP contribution in [-0.4, -0.2) is 42.0 Å². The van der Waals surface area contributed by atoms with E-state index in [0.29, 0.717) is 29.4 Å². The molecule has 1 saturated heterocycles. The van der Waals surface area contributed by atoms with Crippen LogP contribution in [0.4, 0.5) is 4.39 Å². The number of ether oxygens (including phenoxy) is 1. The Labute approximate surface area is 185 Å². The number of carbonyl (C=O) groups is 2. The van der Waals surface area contributed by atoms with Crippen LogP contribution in [0.3, 0.4) is 0 Å². The first kappa shape index (κ1) is 21.8. The number of halogens is 2. The molecule has 1 aromatic rings. The second-order valence-corrected chi connectivity index (χ2v) is 10.5. The van der Waals surface area contributed by atoms with Crippen molar-refractivity contribution in [1.82, 2.24) is 10.6 Å². The van der Waals surface area contributed by atoms with E-state index in [4.69, 9.17) is 16.3 Å². The van der Waals surface area contributed by atoms with E-state index in [-0.39, 0.29) is 41.2 Å². The summed E-state index contributed by atoms with van der Waals surface area (Å²) < 4.78 is 18.9. The molecular formula is C22H28ClFN2O3S. The Kier molecular flexibility index (Phi) is 6.78. The Bertz CT molecular complexity index is 805. The molecule has 0 radical (unpaired) electrons. The van der Waals surface area contributed by atoms with Crippen molar-refractivity contribution in [1.29, 1.82) is 0 Å². The molecule has 0 aromatic heterocycles. The van der Waals surface area contributed by atoms with Crippen LogP contribution in [0.1, 0.15) is 32.6 Å². The number of thioether (sulfide) groups is 1. The lowest BCUT2D eigenvalue weighted by atomic mass is 9.57. The largest absolute Gasteiger partial charge is 0.484 e. The van der Waals surface area contributed by atoms with Crippen molar-refractivity contribution in [3.63, 3.8) is 0 Å². The summed E-state index contributed by atoms with van der Waals surface area (Å²) in [5.74, 6) is 2.21. The Morgan fingerprint density at radius 3 is 2.77 bits per heavy atom. The van der Waals surface area contributed by atoms with Crippen LogP contribution in [0.5, 0.6) is 5.75 Å². The predicted molar refractivity (Wildman–Crippen MR) is 116 cm³/mol. The fourth-order valence-corrected chi connectivity index (χ4v) is 6.43. The van der Waals surface area contributed by atoms with Crippen molar-refractivity contribution in [2.24, 2.45) is 23.7 Å². The maximum absolute atomic E-state index is 13.5. The molecule has 1 aliphatic heterocycles. The molecule has 4 fully saturated rings. The highest BCUT2D eigenvalue weighted by molar-refractivity contribution is 8.00.